The van der Waals surface area contributed by atoms with Gasteiger partial charge in [-0.15, -0.1) is 23.2 Å². The molecule has 3 fully saturated rings. The van der Waals surface area contributed by atoms with Gasteiger partial charge in [0.05, 0.1) is 33.8 Å². The highest BCUT2D eigenvalue weighted by molar-refractivity contribution is 6.32. The zero-order chi connectivity index (χ0) is 25.0. The Morgan fingerprint density at radius 2 is 1.57 bits per heavy atom. The maximum atomic E-state index is 13.2. The SMILES string of the molecule is Cc1cc(C)cc(NC(=O)COC(=O)c2cccc(N3C(=O)[C@@H]4[C@H]5C[C@@H]([C@H](Cl)[C@@H]5Cl)[C@@H]4C3=O)c2)c1. The monoisotopic (exact) mass is 514 g/mol. The predicted molar refractivity (Wildman–Crippen MR) is 132 cm³/mol. The van der Waals surface area contributed by atoms with Crippen molar-refractivity contribution in [3.63, 3.8) is 0 Å². The Morgan fingerprint density at radius 3 is 2.17 bits per heavy atom. The van der Waals surface area contributed by atoms with Crippen molar-refractivity contribution in [2.24, 2.45) is 23.7 Å². The predicted octanol–water partition coefficient (Wildman–Crippen LogP) is 4.07. The fourth-order valence-electron chi connectivity index (χ4n) is 5.83. The lowest BCUT2D eigenvalue weighted by Gasteiger charge is -2.28. The van der Waals surface area contributed by atoms with E-state index in [1.807, 2.05) is 32.0 Å². The Labute approximate surface area is 212 Å². The number of halogens is 2. The zero-order valence-electron chi connectivity index (χ0n) is 19.2. The summed E-state index contributed by atoms with van der Waals surface area (Å²) < 4.78 is 5.17. The van der Waals surface area contributed by atoms with Gasteiger partial charge in [0.15, 0.2) is 6.61 Å². The minimum Gasteiger partial charge on any atom is -0.452 e. The van der Waals surface area contributed by atoms with Crippen LogP contribution in [-0.4, -0.2) is 41.1 Å². The van der Waals surface area contributed by atoms with Gasteiger partial charge in [-0.25, -0.2) is 4.79 Å². The average Bonchev–Trinajstić information content (AvgIpc) is 3.41. The molecule has 3 aliphatic rings. The van der Waals surface area contributed by atoms with Gasteiger partial charge in [0.25, 0.3) is 5.91 Å². The first-order valence-corrected chi connectivity index (χ1v) is 12.3. The van der Waals surface area contributed by atoms with Crippen molar-refractivity contribution in [3.8, 4) is 0 Å². The third-order valence-electron chi connectivity index (χ3n) is 7.17. The molecule has 2 aliphatic carbocycles. The van der Waals surface area contributed by atoms with Crippen LogP contribution in [0.15, 0.2) is 42.5 Å². The number of rotatable bonds is 5. The van der Waals surface area contributed by atoms with Gasteiger partial charge in [0, 0.05) is 5.69 Å². The Kier molecular flexibility index (Phi) is 6.09. The summed E-state index contributed by atoms with van der Waals surface area (Å²) in [5.74, 6) is -3.02. The molecule has 182 valence electrons. The van der Waals surface area contributed by atoms with Crippen molar-refractivity contribution in [2.75, 3.05) is 16.8 Å². The number of fused-ring (bicyclic) bond motifs is 5. The molecule has 9 heteroatoms. The lowest BCUT2D eigenvalue weighted by atomic mass is 9.80. The summed E-state index contributed by atoms with van der Waals surface area (Å²) in [6.45, 7) is 3.37. The number of aryl methyl sites for hydroxylation is 2. The molecule has 0 spiro atoms. The first kappa shape index (κ1) is 23.8. The summed E-state index contributed by atoms with van der Waals surface area (Å²) in [5, 5.41) is 2.03. The van der Waals surface area contributed by atoms with Crippen molar-refractivity contribution in [1.29, 1.82) is 0 Å². The molecular formula is C26H24Cl2N2O5. The zero-order valence-corrected chi connectivity index (χ0v) is 20.7. The smallest absolute Gasteiger partial charge is 0.338 e. The molecule has 1 aliphatic heterocycles. The topological polar surface area (TPSA) is 92.8 Å². The van der Waals surface area contributed by atoms with E-state index in [1.165, 1.54) is 12.1 Å². The number of nitrogens with one attached hydrogen (secondary N) is 1. The number of alkyl halides is 2. The molecule has 2 bridgehead atoms. The molecule has 7 nitrogen and oxygen atoms in total. The van der Waals surface area contributed by atoms with E-state index in [9.17, 15) is 19.2 Å². The molecule has 2 aromatic rings. The van der Waals surface area contributed by atoms with Gasteiger partial charge in [-0.1, -0.05) is 12.1 Å². The molecule has 5 rings (SSSR count). The van der Waals surface area contributed by atoms with Crippen LogP contribution < -0.4 is 10.2 Å². The normalized spacial score (nSPS) is 28.9. The summed E-state index contributed by atoms with van der Waals surface area (Å²) in [5.41, 5.74) is 3.04. The minimum atomic E-state index is -0.733. The number of carbonyl (C=O) groups excluding carboxylic acids is 4. The average molecular weight is 515 g/mol. The van der Waals surface area contributed by atoms with Crippen molar-refractivity contribution in [3.05, 3.63) is 59.2 Å². The van der Waals surface area contributed by atoms with Gasteiger partial charge in [0.2, 0.25) is 11.8 Å². The fraction of sp³-hybridized carbons (Fsp3) is 0.385. The highest BCUT2D eigenvalue weighted by atomic mass is 35.5. The van der Waals surface area contributed by atoms with Crippen LogP contribution in [0, 0.1) is 37.5 Å². The number of ether oxygens (including phenoxy) is 1. The van der Waals surface area contributed by atoms with Crippen LogP contribution in [0.25, 0.3) is 0 Å². The third-order valence-corrected chi connectivity index (χ3v) is 8.49. The number of nitrogens with zero attached hydrogens (tertiary/aromatic N) is 1. The second-order valence-electron chi connectivity index (χ2n) is 9.57. The molecule has 1 N–H and O–H groups in total. The summed E-state index contributed by atoms with van der Waals surface area (Å²) in [6, 6.07) is 11.7. The summed E-state index contributed by atoms with van der Waals surface area (Å²) in [6.07, 6.45) is 0.680. The third kappa shape index (κ3) is 4.10. The van der Waals surface area contributed by atoms with Crippen LogP contribution in [0.2, 0.25) is 0 Å². The van der Waals surface area contributed by atoms with Gasteiger partial charge in [-0.3, -0.25) is 19.3 Å². The quantitative estimate of drug-likeness (QED) is 0.368. The fourth-order valence-corrected chi connectivity index (χ4v) is 6.73. The van der Waals surface area contributed by atoms with Crippen molar-refractivity contribution in [2.45, 2.75) is 31.0 Å². The first-order chi connectivity index (χ1) is 16.7. The molecule has 0 radical (unpaired) electrons. The van der Waals surface area contributed by atoms with Crippen molar-refractivity contribution < 1.29 is 23.9 Å². The van der Waals surface area contributed by atoms with E-state index in [-0.39, 0.29) is 40.0 Å². The first-order valence-electron chi connectivity index (χ1n) is 11.5. The molecule has 35 heavy (non-hydrogen) atoms. The maximum Gasteiger partial charge on any atom is 0.338 e. The van der Waals surface area contributed by atoms with Gasteiger partial charge in [0.1, 0.15) is 0 Å². The van der Waals surface area contributed by atoms with Crippen LogP contribution in [-0.2, 0) is 19.1 Å². The lowest BCUT2D eigenvalue weighted by molar-refractivity contribution is -0.123. The van der Waals surface area contributed by atoms with Crippen molar-refractivity contribution in [1.82, 2.24) is 0 Å². The number of esters is 1. The second-order valence-corrected chi connectivity index (χ2v) is 10.6. The number of hydrogen-bond donors (Lipinski definition) is 1. The number of hydrogen-bond acceptors (Lipinski definition) is 5. The van der Waals surface area contributed by atoms with Crippen LogP contribution in [0.3, 0.4) is 0 Å². The molecule has 0 aromatic heterocycles. The standard InChI is InChI=1S/C26H24Cl2N2O5/c1-12-6-13(2)8-15(7-12)29-19(31)11-35-26(34)14-4-3-5-16(9-14)30-24(32)20-17-10-18(21(20)25(30)33)23(28)22(17)27/h3-9,17-18,20-23H,10-11H2,1-2H3,(H,29,31)/t17-,18-,20-,21+,22-,23+/m1/s1. The van der Waals surface area contributed by atoms with E-state index >= 15 is 0 Å². The Bertz CT molecular complexity index is 1200. The number of imide groups is 1. The molecule has 2 saturated carbocycles. The van der Waals surface area contributed by atoms with Gasteiger partial charge in [-0.2, -0.15) is 0 Å². The van der Waals surface area contributed by atoms with Gasteiger partial charge < -0.3 is 10.1 Å². The van der Waals surface area contributed by atoms with Crippen LogP contribution in [0.4, 0.5) is 11.4 Å². The minimum absolute atomic E-state index is 0.125. The molecule has 1 heterocycles. The molecule has 0 unspecified atom stereocenters. The van der Waals surface area contributed by atoms with Gasteiger partial charge in [-0.05, 0) is 73.6 Å². The van der Waals surface area contributed by atoms with E-state index in [2.05, 4.69) is 5.32 Å². The van der Waals surface area contributed by atoms with E-state index in [4.69, 9.17) is 27.9 Å². The van der Waals surface area contributed by atoms with E-state index in [1.54, 1.807) is 12.1 Å². The Balaban J connectivity index is 1.26. The van der Waals surface area contributed by atoms with E-state index < -0.39 is 30.3 Å². The maximum absolute atomic E-state index is 13.2. The number of amides is 3. The van der Waals surface area contributed by atoms with Gasteiger partial charge >= 0.3 is 5.97 Å². The molecule has 2 aromatic carbocycles. The lowest BCUT2D eigenvalue weighted by Crippen LogP contribution is -2.37. The largest absolute Gasteiger partial charge is 0.452 e. The molecule has 6 atom stereocenters. The molecular weight excluding hydrogens is 491 g/mol. The number of carbonyl (C=O) groups is 4. The number of anilines is 2. The Hall–Kier alpha value is -2.90. The molecule has 3 amide bonds. The number of benzene rings is 2. The highest BCUT2D eigenvalue weighted by Gasteiger charge is 2.66. The van der Waals surface area contributed by atoms with E-state index in [0.717, 1.165) is 16.0 Å². The summed E-state index contributed by atoms with van der Waals surface area (Å²) in [4.78, 5) is 52.4. The van der Waals surface area contributed by atoms with Crippen molar-refractivity contribution >= 4 is 58.3 Å². The second kappa shape index (κ2) is 8.95. The van der Waals surface area contributed by atoms with Crippen LogP contribution >= 0.6 is 23.2 Å². The highest BCUT2D eigenvalue weighted by Crippen LogP contribution is 2.59. The summed E-state index contributed by atoms with van der Waals surface area (Å²) in [7, 11) is 0. The Morgan fingerprint density at radius 1 is 0.971 bits per heavy atom. The summed E-state index contributed by atoms with van der Waals surface area (Å²) >= 11 is 12.8. The van der Waals surface area contributed by atoms with Crippen LogP contribution in [0.5, 0.6) is 0 Å². The van der Waals surface area contributed by atoms with E-state index in [0.29, 0.717) is 17.8 Å². The molecule has 1 saturated heterocycles. The van der Waals surface area contributed by atoms with Crippen LogP contribution in [0.1, 0.15) is 27.9 Å².